The second-order valence-corrected chi connectivity index (χ2v) is 2.87. The van der Waals surface area contributed by atoms with Gasteiger partial charge in [0.05, 0.1) is 12.2 Å². The first-order chi connectivity index (χ1) is 6.15. The fourth-order valence-electron chi connectivity index (χ4n) is 1.25. The number of ether oxygens (including phenoxy) is 1. The summed E-state index contributed by atoms with van der Waals surface area (Å²) in [6.45, 7) is 3.84. The third-order valence-corrected chi connectivity index (χ3v) is 1.90. The molecule has 1 heterocycles. The summed E-state index contributed by atoms with van der Waals surface area (Å²) < 4.78 is 4.84. The average Bonchev–Trinajstić information content (AvgIpc) is 2.04. The van der Waals surface area contributed by atoms with Gasteiger partial charge in [0.25, 0.3) is 0 Å². The highest BCUT2D eigenvalue weighted by atomic mass is 16.5. The highest BCUT2D eigenvalue weighted by Gasteiger charge is 2.20. The van der Waals surface area contributed by atoms with Crippen molar-refractivity contribution in [3.63, 3.8) is 0 Å². The molecule has 0 aromatic rings. The van der Waals surface area contributed by atoms with Gasteiger partial charge in [-0.3, -0.25) is 4.79 Å². The summed E-state index contributed by atoms with van der Waals surface area (Å²) >= 11 is 0. The largest absolute Gasteiger partial charge is 0.463 e. The maximum Gasteiger partial charge on any atom is 0.335 e. The van der Waals surface area contributed by atoms with Crippen LogP contribution in [0.4, 0.5) is 0 Å². The lowest BCUT2D eigenvalue weighted by atomic mass is 10.0. The molecule has 13 heavy (non-hydrogen) atoms. The Morgan fingerprint density at radius 2 is 2.23 bits per heavy atom. The minimum absolute atomic E-state index is 0.0365. The third kappa shape index (κ3) is 2.31. The summed E-state index contributed by atoms with van der Waals surface area (Å²) in [6, 6.07) is 0. The highest BCUT2D eigenvalue weighted by molar-refractivity contribution is 5.93. The number of hydrogen-bond acceptors (Lipinski definition) is 3. The first-order valence-electron chi connectivity index (χ1n) is 4.32. The summed E-state index contributed by atoms with van der Waals surface area (Å²) in [6.07, 6.45) is 0.849. The Bertz CT molecular complexity index is 268. The maximum absolute atomic E-state index is 11.3. The molecule has 0 aromatic heterocycles. The minimum atomic E-state index is -0.319. The van der Waals surface area contributed by atoms with E-state index in [1.807, 2.05) is 0 Å². The smallest absolute Gasteiger partial charge is 0.335 e. The SMILES string of the molecule is CCOC(=O)C1=C(C)NC(=O)CC1. The molecule has 1 rings (SSSR count). The molecule has 1 amide bonds. The molecule has 0 saturated heterocycles. The molecule has 0 aromatic carbocycles. The van der Waals surface area contributed by atoms with Crippen molar-refractivity contribution >= 4 is 11.9 Å². The van der Waals surface area contributed by atoms with Gasteiger partial charge in [-0.05, 0) is 20.3 Å². The first kappa shape index (κ1) is 9.77. The number of allylic oxidation sites excluding steroid dienone is 1. The van der Waals surface area contributed by atoms with Crippen molar-refractivity contribution < 1.29 is 14.3 Å². The van der Waals surface area contributed by atoms with Gasteiger partial charge in [-0.1, -0.05) is 0 Å². The molecule has 1 aliphatic rings. The van der Waals surface area contributed by atoms with Crippen LogP contribution in [0, 0.1) is 0 Å². The van der Waals surface area contributed by atoms with Crippen molar-refractivity contribution in [2.75, 3.05) is 6.61 Å². The van der Waals surface area contributed by atoms with Gasteiger partial charge in [-0.25, -0.2) is 4.79 Å². The van der Waals surface area contributed by atoms with Crippen LogP contribution in [0.2, 0.25) is 0 Å². The van der Waals surface area contributed by atoms with Gasteiger partial charge < -0.3 is 10.1 Å². The predicted octanol–water partition coefficient (Wildman–Crippen LogP) is 0.734. The van der Waals surface area contributed by atoms with Gasteiger partial charge in [0.15, 0.2) is 0 Å². The van der Waals surface area contributed by atoms with Crippen molar-refractivity contribution in [2.24, 2.45) is 0 Å². The summed E-state index contributed by atoms with van der Waals surface area (Å²) in [5.41, 5.74) is 1.20. The van der Waals surface area contributed by atoms with E-state index in [0.717, 1.165) is 0 Å². The molecule has 0 atom stereocenters. The van der Waals surface area contributed by atoms with Crippen molar-refractivity contribution in [2.45, 2.75) is 26.7 Å². The quantitative estimate of drug-likeness (QED) is 0.642. The Balaban J connectivity index is 2.73. The molecular formula is C9H13NO3. The molecule has 1 aliphatic heterocycles. The van der Waals surface area contributed by atoms with Crippen molar-refractivity contribution in [1.29, 1.82) is 0 Å². The van der Waals surface area contributed by atoms with Crippen LogP contribution in [0.3, 0.4) is 0 Å². The zero-order valence-electron chi connectivity index (χ0n) is 7.85. The van der Waals surface area contributed by atoms with Crippen LogP contribution in [0.15, 0.2) is 11.3 Å². The van der Waals surface area contributed by atoms with Gasteiger partial charge >= 0.3 is 5.97 Å². The molecule has 1 N–H and O–H groups in total. The van der Waals surface area contributed by atoms with Crippen molar-refractivity contribution in [3.8, 4) is 0 Å². The molecule has 0 fully saturated rings. The maximum atomic E-state index is 11.3. The van der Waals surface area contributed by atoms with Crippen LogP contribution in [0.5, 0.6) is 0 Å². The number of nitrogens with one attached hydrogen (secondary N) is 1. The van der Waals surface area contributed by atoms with E-state index in [4.69, 9.17) is 4.74 Å². The second-order valence-electron chi connectivity index (χ2n) is 2.87. The zero-order chi connectivity index (χ0) is 9.84. The van der Waals surface area contributed by atoms with E-state index in [0.29, 0.717) is 30.7 Å². The second kappa shape index (κ2) is 4.07. The van der Waals surface area contributed by atoms with E-state index >= 15 is 0 Å². The summed E-state index contributed by atoms with van der Waals surface area (Å²) in [5.74, 6) is -0.356. The first-order valence-corrected chi connectivity index (χ1v) is 4.32. The number of carbonyl (C=O) groups is 2. The summed E-state index contributed by atoms with van der Waals surface area (Å²) in [4.78, 5) is 22.2. The molecule has 0 bridgehead atoms. The number of amides is 1. The third-order valence-electron chi connectivity index (χ3n) is 1.90. The van der Waals surface area contributed by atoms with Gasteiger partial charge in [-0.15, -0.1) is 0 Å². The van der Waals surface area contributed by atoms with E-state index < -0.39 is 0 Å². The molecule has 0 radical (unpaired) electrons. The van der Waals surface area contributed by atoms with E-state index in [2.05, 4.69) is 5.32 Å². The normalized spacial score (nSPS) is 16.9. The van der Waals surface area contributed by atoms with Crippen LogP contribution in [0.25, 0.3) is 0 Å². The van der Waals surface area contributed by atoms with Crippen LogP contribution in [-0.4, -0.2) is 18.5 Å². The van der Waals surface area contributed by atoms with E-state index in [1.54, 1.807) is 13.8 Å². The summed E-state index contributed by atoms with van der Waals surface area (Å²) in [7, 11) is 0. The molecule has 0 spiro atoms. The summed E-state index contributed by atoms with van der Waals surface area (Å²) in [5, 5.41) is 2.61. The Labute approximate surface area is 76.9 Å². The van der Waals surface area contributed by atoms with Gasteiger partial charge in [0.1, 0.15) is 0 Å². The fraction of sp³-hybridized carbons (Fsp3) is 0.556. The minimum Gasteiger partial charge on any atom is -0.463 e. The van der Waals surface area contributed by atoms with Crippen LogP contribution < -0.4 is 5.32 Å². The molecule has 0 unspecified atom stereocenters. The van der Waals surface area contributed by atoms with E-state index in [-0.39, 0.29) is 11.9 Å². The van der Waals surface area contributed by atoms with Crippen molar-refractivity contribution in [3.05, 3.63) is 11.3 Å². The van der Waals surface area contributed by atoms with Gasteiger partial charge in [0.2, 0.25) is 5.91 Å². The highest BCUT2D eigenvalue weighted by Crippen LogP contribution is 2.16. The molecular weight excluding hydrogens is 170 g/mol. The standard InChI is InChI=1S/C9H13NO3/c1-3-13-9(12)7-4-5-8(11)10-6(7)2/h3-5H2,1-2H3,(H,10,11). The number of esters is 1. The van der Waals surface area contributed by atoms with Gasteiger partial charge in [-0.2, -0.15) is 0 Å². The van der Waals surface area contributed by atoms with E-state index in [9.17, 15) is 9.59 Å². The Morgan fingerprint density at radius 1 is 1.54 bits per heavy atom. The molecule has 4 nitrogen and oxygen atoms in total. The zero-order valence-corrected chi connectivity index (χ0v) is 7.85. The average molecular weight is 183 g/mol. The number of hydrogen-bond donors (Lipinski definition) is 1. The topological polar surface area (TPSA) is 55.4 Å². The lowest BCUT2D eigenvalue weighted by Crippen LogP contribution is -2.29. The molecule has 72 valence electrons. The molecule has 0 aliphatic carbocycles. The predicted molar refractivity (Wildman–Crippen MR) is 46.7 cm³/mol. The number of rotatable bonds is 2. The Morgan fingerprint density at radius 3 is 2.77 bits per heavy atom. The Hall–Kier alpha value is -1.32. The monoisotopic (exact) mass is 183 g/mol. The molecule has 0 saturated carbocycles. The van der Waals surface area contributed by atoms with E-state index in [1.165, 1.54) is 0 Å². The Kier molecular flexibility index (Phi) is 3.06. The van der Waals surface area contributed by atoms with Crippen LogP contribution >= 0.6 is 0 Å². The van der Waals surface area contributed by atoms with Crippen LogP contribution in [0.1, 0.15) is 26.7 Å². The van der Waals surface area contributed by atoms with Crippen molar-refractivity contribution in [1.82, 2.24) is 5.32 Å². The number of carbonyl (C=O) groups excluding carboxylic acids is 2. The molecule has 4 heteroatoms. The fourth-order valence-corrected chi connectivity index (χ4v) is 1.25. The lowest BCUT2D eigenvalue weighted by Gasteiger charge is -2.16. The van der Waals surface area contributed by atoms with Crippen LogP contribution in [-0.2, 0) is 14.3 Å². The lowest BCUT2D eigenvalue weighted by molar-refractivity contribution is -0.138. The van der Waals surface area contributed by atoms with Gasteiger partial charge in [0, 0.05) is 12.1 Å².